The topological polar surface area (TPSA) is 135 Å². The summed E-state index contributed by atoms with van der Waals surface area (Å²) in [7, 11) is -10.5. The van der Waals surface area contributed by atoms with Gasteiger partial charge in [0.05, 0.1) is 0 Å². The molecule has 0 rings (SSSR count). The number of unbranched alkanes of at least 4 members (excludes halogenated alkanes) is 1. The Bertz CT molecular complexity index is 259. The molecule has 7 nitrogen and oxygen atoms in total. The van der Waals surface area contributed by atoms with Gasteiger partial charge in [0.1, 0.15) is 0 Å². The zero-order chi connectivity index (χ0) is 11.6. The average molecular weight is 271 g/mol. The first-order valence-corrected chi connectivity index (χ1v) is 7.12. The van der Waals surface area contributed by atoms with Crippen LogP contribution in [0.4, 0.5) is 0 Å². The number of rotatable bonds is 5. The van der Waals surface area contributed by atoms with Crippen LogP contribution in [0.25, 0.3) is 0 Å². The molecule has 0 aromatic carbocycles. The van der Waals surface area contributed by atoms with Crippen LogP contribution >= 0.6 is 15.2 Å². The second-order valence-corrected chi connectivity index (χ2v) is 6.97. The maximum absolute atomic E-state index is 10.8. The fraction of sp³-hybridized carbons (Fsp3) is 1.00. The Balaban J connectivity index is 0. The number of hydrogen-bond donors (Lipinski definition) is 5. The minimum absolute atomic E-state index is 0. The summed E-state index contributed by atoms with van der Waals surface area (Å²) in [6.07, 6.45) is -0.0485. The van der Waals surface area contributed by atoms with Gasteiger partial charge in [-0.05, 0) is 12.8 Å². The fourth-order valence-corrected chi connectivity index (χ4v) is 3.13. The quantitative estimate of drug-likeness (QED) is 0.269. The molecule has 0 heterocycles. The molecule has 10 heteroatoms. The third kappa shape index (κ3) is 4.56. The largest absolute Gasteiger partial charge is 1.00 e. The molecule has 0 spiro atoms. The van der Waals surface area contributed by atoms with E-state index in [0.717, 1.165) is 0 Å². The van der Waals surface area contributed by atoms with Gasteiger partial charge in [-0.3, -0.25) is 9.13 Å². The molecular weight excluding hydrogens is 257 g/mol. The monoisotopic (exact) mass is 271 g/mol. The van der Waals surface area contributed by atoms with E-state index in [1.54, 1.807) is 6.92 Å². The van der Waals surface area contributed by atoms with Gasteiger partial charge in [0, 0.05) is 0 Å². The third-order valence-electron chi connectivity index (χ3n) is 1.80. The molecule has 0 unspecified atom stereocenters. The molecule has 0 saturated heterocycles. The predicted molar refractivity (Wildman–Crippen MR) is 48.6 cm³/mol. The Labute approximate surface area is 110 Å². The molecule has 0 aromatic rings. The van der Waals surface area contributed by atoms with E-state index in [4.69, 9.17) is 19.6 Å². The van der Waals surface area contributed by atoms with E-state index in [1.165, 1.54) is 0 Å². The van der Waals surface area contributed by atoms with Gasteiger partial charge in [0.25, 0.3) is 5.08 Å². The first kappa shape index (κ1) is 18.6. The summed E-state index contributed by atoms with van der Waals surface area (Å²) in [6, 6.07) is 0. The zero-order valence-corrected chi connectivity index (χ0v) is 12.4. The molecule has 0 aliphatic carbocycles. The SMILES string of the molecule is CCCCC(O)(P(=O)(O)O)P(=O)(O)O.[Na+]. The van der Waals surface area contributed by atoms with Gasteiger partial charge in [-0.1, -0.05) is 13.3 Å². The second kappa shape index (κ2) is 6.26. The Hall–Kier alpha value is 1.26. The van der Waals surface area contributed by atoms with Crippen LogP contribution in [-0.2, 0) is 9.13 Å². The van der Waals surface area contributed by atoms with E-state index in [2.05, 4.69) is 0 Å². The van der Waals surface area contributed by atoms with E-state index in [0.29, 0.717) is 6.42 Å². The minimum Gasteiger partial charge on any atom is -0.368 e. The molecule has 0 bridgehead atoms. The van der Waals surface area contributed by atoms with Crippen LogP contribution in [0, 0.1) is 0 Å². The van der Waals surface area contributed by atoms with Crippen LogP contribution in [0.5, 0.6) is 0 Å². The maximum Gasteiger partial charge on any atom is 1.00 e. The van der Waals surface area contributed by atoms with Crippen molar-refractivity contribution in [2.75, 3.05) is 0 Å². The van der Waals surface area contributed by atoms with Gasteiger partial charge in [0.15, 0.2) is 0 Å². The molecule has 0 saturated carbocycles. The zero-order valence-electron chi connectivity index (χ0n) is 8.57. The van der Waals surface area contributed by atoms with Crippen LogP contribution in [0.1, 0.15) is 26.2 Å². The number of aliphatic hydroxyl groups is 1. The molecule has 0 aliphatic heterocycles. The van der Waals surface area contributed by atoms with Crippen LogP contribution in [-0.4, -0.2) is 29.8 Å². The molecule has 0 fully saturated rings. The van der Waals surface area contributed by atoms with Crippen molar-refractivity contribution in [2.45, 2.75) is 31.3 Å². The molecule has 0 aliphatic rings. The van der Waals surface area contributed by atoms with Crippen molar-refractivity contribution in [3.8, 4) is 0 Å². The summed E-state index contributed by atoms with van der Waals surface area (Å²) >= 11 is 0. The van der Waals surface area contributed by atoms with Gasteiger partial charge in [-0.15, -0.1) is 0 Å². The Kier molecular flexibility index (Phi) is 7.77. The Morgan fingerprint density at radius 2 is 1.40 bits per heavy atom. The average Bonchev–Trinajstić information content (AvgIpc) is 1.95. The summed E-state index contributed by atoms with van der Waals surface area (Å²) in [5.74, 6) is 0. The summed E-state index contributed by atoms with van der Waals surface area (Å²) in [5, 5.41) is 6.05. The summed E-state index contributed by atoms with van der Waals surface area (Å²) in [4.78, 5) is 34.7. The Morgan fingerprint density at radius 3 is 1.60 bits per heavy atom. The molecule has 0 amide bonds. The second-order valence-electron chi connectivity index (χ2n) is 2.97. The van der Waals surface area contributed by atoms with Crippen molar-refractivity contribution >= 4 is 15.2 Å². The van der Waals surface area contributed by atoms with Crippen molar-refractivity contribution in [2.24, 2.45) is 0 Å². The van der Waals surface area contributed by atoms with Crippen LogP contribution < -0.4 is 29.6 Å². The smallest absolute Gasteiger partial charge is 0.368 e. The minimum atomic E-state index is -5.25. The van der Waals surface area contributed by atoms with E-state index < -0.39 is 26.7 Å². The third-order valence-corrected chi connectivity index (χ3v) is 5.68. The Morgan fingerprint density at radius 1 is 1.07 bits per heavy atom. The van der Waals surface area contributed by atoms with E-state index in [9.17, 15) is 14.2 Å². The van der Waals surface area contributed by atoms with Gasteiger partial charge in [0.2, 0.25) is 0 Å². The van der Waals surface area contributed by atoms with Gasteiger partial charge >= 0.3 is 44.7 Å². The van der Waals surface area contributed by atoms with Crippen molar-refractivity contribution in [3.63, 3.8) is 0 Å². The molecule has 0 aromatic heterocycles. The first-order valence-electron chi connectivity index (χ1n) is 3.90. The van der Waals surface area contributed by atoms with Crippen molar-refractivity contribution in [1.82, 2.24) is 0 Å². The fourth-order valence-electron chi connectivity index (χ4n) is 0.875. The normalized spacial score (nSPS) is 13.5. The standard InChI is InChI=1S/C5H14O7P2.Na/c1-2-3-4-5(6,13(7,8)9)14(10,11)12;/h6H,2-4H2,1H3,(H2,7,8,9)(H2,10,11,12);/q;+1. The van der Waals surface area contributed by atoms with E-state index >= 15 is 0 Å². The molecule has 0 radical (unpaired) electrons. The van der Waals surface area contributed by atoms with E-state index in [-0.39, 0.29) is 36.0 Å². The molecule has 15 heavy (non-hydrogen) atoms. The summed E-state index contributed by atoms with van der Waals surface area (Å²) in [6.45, 7) is 1.67. The van der Waals surface area contributed by atoms with Gasteiger partial charge in [-0.25, -0.2) is 0 Å². The van der Waals surface area contributed by atoms with Crippen LogP contribution in [0.15, 0.2) is 0 Å². The van der Waals surface area contributed by atoms with E-state index in [1.807, 2.05) is 0 Å². The van der Waals surface area contributed by atoms with Gasteiger partial charge in [-0.2, -0.15) is 0 Å². The van der Waals surface area contributed by atoms with Crippen LogP contribution in [0.2, 0.25) is 0 Å². The van der Waals surface area contributed by atoms with Crippen molar-refractivity contribution < 1.29 is 63.4 Å². The maximum atomic E-state index is 10.8. The first-order chi connectivity index (χ1) is 6.06. The van der Waals surface area contributed by atoms with Crippen molar-refractivity contribution in [3.05, 3.63) is 0 Å². The molecular formula is C5H14NaO7P2+. The number of hydrogen-bond acceptors (Lipinski definition) is 3. The van der Waals surface area contributed by atoms with Crippen molar-refractivity contribution in [1.29, 1.82) is 0 Å². The summed E-state index contributed by atoms with van der Waals surface area (Å²) < 4.78 is 21.5. The molecule has 86 valence electrons. The van der Waals surface area contributed by atoms with Gasteiger partial charge < -0.3 is 24.7 Å². The molecule has 5 N–H and O–H groups in total. The summed E-state index contributed by atoms with van der Waals surface area (Å²) in [5.41, 5.74) is 0. The van der Waals surface area contributed by atoms with Crippen LogP contribution in [0.3, 0.4) is 0 Å². The molecule has 0 atom stereocenters. The predicted octanol–water partition coefficient (Wildman–Crippen LogP) is -2.82.